The number of aryl methyl sites for hydroxylation is 1. The van der Waals surface area contributed by atoms with Gasteiger partial charge in [0, 0.05) is 18.5 Å². The number of hydrogen-bond acceptors (Lipinski definition) is 4. The Kier molecular flexibility index (Phi) is 4.66. The molecule has 0 saturated carbocycles. The molecule has 1 aromatic heterocycles. The fourth-order valence-electron chi connectivity index (χ4n) is 2.80. The van der Waals surface area contributed by atoms with Crippen LogP contribution in [-0.4, -0.2) is 41.6 Å². The van der Waals surface area contributed by atoms with Gasteiger partial charge in [-0.05, 0) is 30.3 Å². The summed E-state index contributed by atoms with van der Waals surface area (Å²) < 4.78 is 11.3. The molecule has 6 heteroatoms. The van der Waals surface area contributed by atoms with Crippen molar-refractivity contribution in [3.8, 4) is 0 Å². The average molecular weight is 329 g/mol. The maximum atomic E-state index is 12.9. The lowest BCUT2D eigenvalue weighted by molar-refractivity contribution is -0.00901. The Morgan fingerprint density at radius 1 is 1.25 bits per heavy atom. The van der Waals surface area contributed by atoms with E-state index in [1.807, 2.05) is 19.1 Å². The third-order valence-electron chi connectivity index (χ3n) is 4.11. The summed E-state index contributed by atoms with van der Waals surface area (Å²) in [7, 11) is 0. The quantitative estimate of drug-likeness (QED) is 0.933. The van der Waals surface area contributed by atoms with Crippen molar-refractivity contribution in [2.45, 2.75) is 19.4 Å². The molecule has 1 N–H and O–H groups in total. The van der Waals surface area contributed by atoms with Crippen LogP contribution < -0.4 is 0 Å². The maximum absolute atomic E-state index is 12.9. The van der Waals surface area contributed by atoms with Gasteiger partial charge < -0.3 is 19.2 Å². The van der Waals surface area contributed by atoms with Gasteiger partial charge in [0.2, 0.25) is 0 Å². The number of rotatable bonds is 4. The maximum Gasteiger partial charge on any atom is 0.335 e. The van der Waals surface area contributed by atoms with Crippen molar-refractivity contribution in [2.75, 3.05) is 19.8 Å². The molecule has 1 fully saturated rings. The number of aromatic carboxylic acids is 1. The molecule has 6 nitrogen and oxygen atoms in total. The van der Waals surface area contributed by atoms with Crippen LogP contribution >= 0.6 is 0 Å². The number of morpholine rings is 1. The number of carboxylic acids is 1. The van der Waals surface area contributed by atoms with Gasteiger partial charge in [0.15, 0.2) is 0 Å². The fraction of sp³-hybridized carbons (Fsp3) is 0.333. The van der Waals surface area contributed by atoms with E-state index in [1.54, 1.807) is 17.0 Å². The van der Waals surface area contributed by atoms with Gasteiger partial charge in [0.1, 0.15) is 17.6 Å². The number of ether oxygens (including phenoxy) is 1. The van der Waals surface area contributed by atoms with Crippen LogP contribution in [0, 0.1) is 0 Å². The minimum atomic E-state index is -1.05. The van der Waals surface area contributed by atoms with Crippen molar-refractivity contribution < 1.29 is 23.8 Å². The van der Waals surface area contributed by atoms with Crippen LogP contribution in [0.15, 0.2) is 40.8 Å². The molecule has 1 amide bonds. The van der Waals surface area contributed by atoms with Gasteiger partial charge in [0.25, 0.3) is 5.91 Å². The highest BCUT2D eigenvalue weighted by Crippen LogP contribution is 2.28. The highest BCUT2D eigenvalue weighted by atomic mass is 16.5. The molecule has 24 heavy (non-hydrogen) atoms. The van der Waals surface area contributed by atoms with E-state index in [2.05, 4.69) is 0 Å². The molecular formula is C18H19NO5. The van der Waals surface area contributed by atoms with E-state index < -0.39 is 5.97 Å². The van der Waals surface area contributed by atoms with E-state index in [1.165, 1.54) is 12.1 Å². The second-order valence-corrected chi connectivity index (χ2v) is 5.63. The number of furan rings is 1. The number of carbonyl (C=O) groups excluding carboxylic acids is 1. The molecule has 2 heterocycles. The second kappa shape index (κ2) is 6.88. The number of nitrogens with zero attached hydrogens (tertiary/aromatic N) is 1. The minimum absolute atomic E-state index is 0.0944. The van der Waals surface area contributed by atoms with Gasteiger partial charge in [-0.2, -0.15) is 0 Å². The first kappa shape index (κ1) is 16.3. The normalized spacial score (nSPS) is 17.7. The number of benzene rings is 1. The van der Waals surface area contributed by atoms with Crippen LogP contribution in [0.1, 0.15) is 45.2 Å². The third-order valence-corrected chi connectivity index (χ3v) is 4.11. The predicted molar refractivity (Wildman–Crippen MR) is 86.1 cm³/mol. The molecule has 1 saturated heterocycles. The summed E-state index contributed by atoms with van der Waals surface area (Å²) in [6.45, 7) is 3.24. The Bertz CT molecular complexity index is 751. The molecule has 0 aliphatic carbocycles. The number of hydrogen-bond donors (Lipinski definition) is 1. The van der Waals surface area contributed by atoms with Crippen molar-refractivity contribution in [1.29, 1.82) is 0 Å². The predicted octanol–water partition coefficient (Wildman–Crippen LogP) is 2.75. The molecule has 1 unspecified atom stereocenters. The van der Waals surface area contributed by atoms with E-state index in [9.17, 15) is 9.59 Å². The van der Waals surface area contributed by atoms with Crippen molar-refractivity contribution in [3.05, 3.63) is 59.0 Å². The molecule has 1 aromatic carbocycles. The van der Waals surface area contributed by atoms with Crippen LogP contribution in [0.3, 0.4) is 0 Å². The highest BCUT2D eigenvalue weighted by molar-refractivity contribution is 5.97. The Hall–Kier alpha value is -2.60. The van der Waals surface area contributed by atoms with Crippen molar-refractivity contribution in [3.63, 3.8) is 0 Å². The van der Waals surface area contributed by atoms with Crippen LogP contribution in [-0.2, 0) is 11.2 Å². The lowest BCUT2D eigenvalue weighted by atomic mass is 10.1. The Labute approximate surface area is 139 Å². The minimum Gasteiger partial charge on any atom is -0.478 e. The van der Waals surface area contributed by atoms with Crippen LogP contribution in [0.2, 0.25) is 0 Å². The van der Waals surface area contributed by atoms with Crippen molar-refractivity contribution >= 4 is 11.9 Å². The fourth-order valence-corrected chi connectivity index (χ4v) is 2.80. The van der Waals surface area contributed by atoms with Gasteiger partial charge in [0.05, 0.1) is 18.8 Å². The second-order valence-electron chi connectivity index (χ2n) is 5.63. The van der Waals surface area contributed by atoms with E-state index in [0.717, 1.165) is 12.2 Å². The summed E-state index contributed by atoms with van der Waals surface area (Å²) in [6.07, 6.45) is 0.780. The summed E-state index contributed by atoms with van der Waals surface area (Å²) >= 11 is 0. The molecule has 0 spiro atoms. The monoisotopic (exact) mass is 329 g/mol. The van der Waals surface area contributed by atoms with Crippen molar-refractivity contribution in [2.24, 2.45) is 0 Å². The van der Waals surface area contributed by atoms with E-state index in [-0.39, 0.29) is 17.5 Å². The SMILES string of the molecule is CCc1ccc(C2COCCN2C(=O)c2cccc(C(=O)O)c2)o1. The lowest BCUT2D eigenvalue weighted by Gasteiger charge is -2.34. The molecule has 0 radical (unpaired) electrons. The smallest absolute Gasteiger partial charge is 0.335 e. The molecule has 1 aliphatic rings. The van der Waals surface area contributed by atoms with Crippen molar-refractivity contribution in [1.82, 2.24) is 4.90 Å². The molecule has 1 atom stereocenters. The summed E-state index contributed by atoms with van der Waals surface area (Å²) in [5, 5.41) is 9.10. The molecule has 126 valence electrons. The van der Waals surface area contributed by atoms with Gasteiger partial charge in [-0.25, -0.2) is 4.79 Å². The number of carboxylic acid groups (broad SMARTS) is 1. The van der Waals surface area contributed by atoms with Gasteiger partial charge in [-0.15, -0.1) is 0 Å². The first-order valence-corrected chi connectivity index (χ1v) is 7.91. The third kappa shape index (κ3) is 3.19. The van der Waals surface area contributed by atoms with Crippen LogP contribution in [0.4, 0.5) is 0 Å². The summed E-state index contributed by atoms with van der Waals surface area (Å²) in [6, 6.07) is 9.53. The van der Waals surface area contributed by atoms with E-state index in [4.69, 9.17) is 14.3 Å². The first-order valence-electron chi connectivity index (χ1n) is 7.91. The Balaban J connectivity index is 1.88. The molecule has 2 aromatic rings. The summed E-state index contributed by atoms with van der Waals surface area (Å²) in [5.74, 6) is 0.271. The van der Waals surface area contributed by atoms with Crippen LogP contribution in [0.5, 0.6) is 0 Å². The Morgan fingerprint density at radius 2 is 2.04 bits per heavy atom. The zero-order valence-electron chi connectivity index (χ0n) is 13.4. The van der Waals surface area contributed by atoms with Gasteiger partial charge in [-0.1, -0.05) is 13.0 Å². The summed E-state index contributed by atoms with van der Waals surface area (Å²) in [5.41, 5.74) is 0.445. The van der Waals surface area contributed by atoms with Gasteiger partial charge in [-0.3, -0.25) is 4.79 Å². The Morgan fingerprint density at radius 3 is 2.75 bits per heavy atom. The van der Waals surface area contributed by atoms with Gasteiger partial charge >= 0.3 is 5.97 Å². The standard InChI is InChI=1S/C18H19NO5/c1-2-14-6-7-16(24-14)15-11-23-9-8-19(15)17(20)12-4-3-5-13(10-12)18(21)22/h3-7,10,15H,2,8-9,11H2,1H3,(H,21,22). The summed E-state index contributed by atoms with van der Waals surface area (Å²) in [4.78, 5) is 25.7. The van der Waals surface area contributed by atoms with Crippen LogP contribution in [0.25, 0.3) is 0 Å². The molecule has 3 rings (SSSR count). The number of amides is 1. The molecular weight excluding hydrogens is 310 g/mol. The first-order chi connectivity index (χ1) is 11.6. The zero-order valence-corrected chi connectivity index (χ0v) is 13.4. The lowest BCUT2D eigenvalue weighted by Crippen LogP contribution is -2.43. The molecule has 1 aliphatic heterocycles. The number of carbonyl (C=O) groups is 2. The highest BCUT2D eigenvalue weighted by Gasteiger charge is 2.31. The topological polar surface area (TPSA) is 80.0 Å². The van der Waals surface area contributed by atoms with E-state index in [0.29, 0.717) is 31.1 Å². The molecule has 0 bridgehead atoms. The average Bonchev–Trinajstić information content (AvgIpc) is 3.10. The van der Waals surface area contributed by atoms with E-state index >= 15 is 0 Å². The zero-order chi connectivity index (χ0) is 17.1. The largest absolute Gasteiger partial charge is 0.478 e.